The van der Waals surface area contributed by atoms with E-state index in [9.17, 15) is 4.79 Å². The lowest BCUT2D eigenvalue weighted by Gasteiger charge is -2.34. The molecule has 1 amide bonds. The van der Waals surface area contributed by atoms with Gasteiger partial charge in [0.15, 0.2) is 0 Å². The van der Waals surface area contributed by atoms with Gasteiger partial charge in [-0.25, -0.2) is 0 Å². The Morgan fingerprint density at radius 2 is 2.25 bits per heavy atom. The average Bonchev–Trinajstić information content (AvgIpc) is 2.48. The molecule has 2 rings (SSSR count). The summed E-state index contributed by atoms with van der Waals surface area (Å²) in [5.74, 6) is 2.29. The van der Waals surface area contributed by atoms with Crippen molar-refractivity contribution in [3.63, 3.8) is 0 Å². The molecule has 2 aliphatic heterocycles. The summed E-state index contributed by atoms with van der Waals surface area (Å²) in [4.78, 5) is 14.2. The minimum absolute atomic E-state index is 0.189. The first-order valence-corrected chi connectivity index (χ1v) is 9.05. The van der Waals surface area contributed by atoms with Crippen LogP contribution in [-0.4, -0.2) is 54.2 Å². The van der Waals surface area contributed by atoms with Crippen molar-refractivity contribution in [3.05, 3.63) is 0 Å². The number of hydrogen-bond acceptors (Lipinski definition) is 4. The molecule has 0 bridgehead atoms. The Labute approximate surface area is 126 Å². The number of thioether (sulfide) groups is 1. The van der Waals surface area contributed by atoms with E-state index in [0.717, 1.165) is 44.7 Å². The summed E-state index contributed by atoms with van der Waals surface area (Å²) in [6.45, 7) is 4.69. The molecule has 3 unspecified atom stereocenters. The summed E-state index contributed by atoms with van der Waals surface area (Å²) >= 11 is 1.72. The fourth-order valence-corrected chi connectivity index (χ4v) is 3.97. The Morgan fingerprint density at radius 1 is 1.40 bits per heavy atom. The van der Waals surface area contributed by atoms with Gasteiger partial charge in [0.25, 0.3) is 0 Å². The lowest BCUT2D eigenvalue weighted by molar-refractivity contribution is -0.130. The zero-order valence-corrected chi connectivity index (χ0v) is 13.4. The van der Waals surface area contributed by atoms with Crippen LogP contribution in [0.1, 0.15) is 39.0 Å². The molecule has 0 aliphatic carbocycles. The number of hydrogen-bond donors (Lipinski definition) is 1. The number of piperidine rings is 1. The Bertz CT molecular complexity index is 306. The lowest BCUT2D eigenvalue weighted by Crippen LogP contribution is -2.45. The van der Waals surface area contributed by atoms with Gasteiger partial charge < -0.3 is 15.4 Å². The van der Waals surface area contributed by atoms with E-state index in [-0.39, 0.29) is 11.9 Å². The number of carbonyl (C=O) groups excluding carboxylic acids is 1. The highest BCUT2D eigenvalue weighted by Gasteiger charge is 2.25. The largest absolute Gasteiger partial charge is 0.377 e. The standard InChI is InChI=1S/C15H28N2O2S/c1-12(16)13-5-4-7-17(9-13)15(18)11-20-10-14-6-2-3-8-19-14/h12-14H,2-11,16H2,1H3. The van der Waals surface area contributed by atoms with Crippen LogP contribution in [-0.2, 0) is 9.53 Å². The molecule has 0 spiro atoms. The monoisotopic (exact) mass is 300 g/mol. The fraction of sp³-hybridized carbons (Fsp3) is 0.933. The lowest BCUT2D eigenvalue weighted by atomic mass is 9.92. The van der Waals surface area contributed by atoms with Crippen LogP contribution in [0.5, 0.6) is 0 Å². The maximum atomic E-state index is 12.2. The van der Waals surface area contributed by atoms with Gasteiger partial charge in [-0.15, -0.1) is 11.8 Å². The molecule has 0 aromatic rings. The smallest absolute Gasteiger partial charge is 0.232 e. The molecule has 2 heterocycles. The van der Waals surface area contributed by atoms with Crippen molar-refractivity contribution in [2.24, 2.45) is 11.7 Å². The van der Waals surface area contributed by atoms with Crippen molar-refractivity contribution in [1.82, 2.24) is 4.90 Å². The minimum Gasteiger partial charge on any atom is -0.377 e. The fourth-order valence-electron chi connectivity index (χ4n) is 2.97. The van der Waals surface area contributed by atoms with E-state index in [1.165, 1.54) is 12.8 Å². The summed E-state index contributed by atoms with van der Waals surface area (Å²) in [5.41, 5.74) is 5.97. The van der Waals surface area contributed by atoms with E-state index in [4.69, 9.17) is 10.5 Å². The van der Waals surface area contributed by atoms with Gasteiger partial charge >= 0.3 is 0 Å². The highest BCUT2D eigenvalue weighted by atomic mass is 32.2. The Balaban J connectivity index is 1.66. The number of carbonyl (C=O) groups is 1. The predicted octanol–water partition coefficient (Wildman–Crippen LogP) is 1.87. The van der Waals surface area contributed by atoms with Crippen LogP contribution in [0.4, 0.5) is 0 Å². The molecule has 2 aliphatic rings. The third-order valence-corrected chi connectivity index (χ3v) is 5.42. The van der Waals surface area contributed by atoms with E-state index in [1.807, 2.05) is 11.8 Å². The van der Waals surface area contributed by atoms with Crippen molar-refractivity contribution in [2.75, 3.05) is 31.2 Å². The van der Waals surface area contributed by atoms with Crippen molar-refractivity contribution in [3.8, 4) is 0 Å². The van der Waals surface area contributed by atoms with Crippen LogP contribution in [0, 0.1) is 5.92 Å². The maximum Gasteiger partial charge on any atom is 0.232 e. The van der Waals surface area contributed by atoms with Gasteiger partial charge in [-0.05, 0) is 44.9 Å². The second-order valence-electron chi connectivity index (χ2n) is 6.10. The average molecular weight is 300 g/mol. The number of amides is 1. The third kappa shape index (κ3) is 4.93. The van der Waals surface area contributed by atoms with E-state index in [0.29, 0.717) is 17.8 Å². The normalized spacial score (nSPS) is 29.2. The predicted molar refractivity (Wildman–Crippen MR) is 83.9 cm³/mol. The van der Waals surface area contributed by atoms with Crippen LogP contribution in [0.25, 0.3) is 0 Å². The molecule has 2 fully saturated rings. The van der Waals surface area contributed by atoms with Crippen LogP contribution in [0.2, 0.25) is 0 Å². The van der Waals surface area contributed by atoms with E-state index in [1.54, 1.807) is 11.8 Å². The number of rotatable bonds is 5. The first-order valence-electron chi connectivity index (χ1n) is 7.89. The first-order chi connectivity index (χ1) is 9.66. The van der Waals surface area contributed by atoms with E-state index < -0.39 is 0 Å². The van der Waals surface area contributed by atoms with Crippen LogP contribution in [0.15, 0.2) is 0 Å². The molecule has 3 atom stereocenters. The maximum absolute atomic E-state index is 12.2. The molecule has 0 aromatic carbocycles. The summed E-state index contributed by atoms with van der Waals surface area (Å²) in [6, 6.07) is 0.189. The first kappa shape index (κ1) is 16.1. The number of nitrogens with two attached hydrogens (primary N) is 1. The zero-order valence-electron chi connectivity index (χ0n) is 12.6. The van der Waals surface area contributed by atoms with Gasteiger partial charge in [0.2, 0.25) is 5.91 Å². The highest BCUT2D eigenvalue weighted by molar-refractivity contribution is 7.99. The Morgan fingerprint density at radius 3 is 2.95 bits per heavy atom. The summed E-state index contributed by atoms with van der Waals surface area (Å²) in [7, 11) is 0. The van der Waals surface area contributed by atoms with E-state index >= 15 is 0 Å². The number of ether oxygens (including phenoxy) is 1. The van der Waals surface area contributed by atoms with Gasteiger partial charge in [-0.3, -0.25) is 4.79 Å². The van der Waals surface area contributed by atoms with E-state index in [2.05, 4.69) is 0 Å². The van der Waals surface area contributed by atoms with Gasteiger partial charge in [0.1, 0.15) is 0 Å². The molecule has 20 heavy (non-hydrogen) atoms. The molecule has 0 aromatic heterocycles. The van der Waals surface area contributed by atoms with Crippen LogP contribution < -0.4 is 5.73 Å². The van der Waals surface area contributed by atoms with Gasteiger partial charge in [-0.2, -0.15) is 0 Å². The van der Waals surface area contributed by atoms with Gasteiger partial charge in [0.05, 0.1) is 11.9 Å². The highest BCUT2D eigenvalue weighted by Crippen LogP contribution is 2.21. The van der Waals surface area contributed by atoms with Crippen LogP contribution >= 0.6 is 11.8 Å². The van der Waals surface area contributed by atoms with Crippen molar-refractivity contribution in [1.29, 1.82) is 0 Å². The number of nitrogens with zero attached hydrogens (tertiary/aromatic N) is 1. The second-order valence-corrected chi connectivity index (χ2v) is 7.14. The molecule has 2 N–H and O–H groups in total. The summed E-state index contributed by atoms with van der Waals surface area (Å²) in [5, 5.41) is 0. The molecular formula is C15H28N2O2S. The molecule has 4 nitrogen and oxygen atoms in total. The zero-order chi connectivity index (χ0) is 14.4. The molecule has 0 saturated carbocycles. The molecule has 116 valence electrons. The van der Waals surface area contributed by atoms with Crippen molar-refractivity contribution < 1.29 is 9.53 Å². The molecule has 5 heteroatoms. The second kappa shape index (κ2) is 8.25. The summed E-state index contributed by atoms with van der Waals surface area (Å²) < 4.78 is 5.69. The van der Waals surface area contributed by atoms with Gasteiger partial charge in [-0.1, -0.05) is 0 Å². The topological polar surface area (TPSA) is 55.6 Å². The van der Waals surface area contributed by atoms with Crippen molar-refractivity contribution in [2.45, 2.75) is 51.2 Å². The Hall–Kier alpha value is -0.260. The molecule has 0 radical (unpaired) electrons. The third-order valence-electron chi connectivity index (χ3n) is 4.36. The minimum atomic E-state index is 0.189. The van der Waals surface area contributed by atoms with Crippen LogP contribution in [0.3, 0.4) is 0 Å². The van der Waals surface area contributed by atoms with Gasteiger partial charge in [0, 0.05) is 31.5 Å². The number of likely N-dealkylation sites (tertiary alicyclic amines) is 1. The Kier molecular flexibility index (Phi) is 6.65. The molecular weight excluding hydrogens is 272 g/mol. The summed E-state index contributed by atoms with van der Waals surface area (Å²) in [6.07, 6.45) is 6.21. The quantitative estimate of drug-likeness (QED) is 0.842. The molecule has 2 saturated heterocycles. The van der Waals surface area contributed by atoms with Crippen molar-refractivity contribution >= 4 is 17.7 Å². The SMILES string of the molecule is CC(N)C1CCCN(C(=O)CSCC2CCCCO2)C1.